The van der Waals surface area contributed by atoms with Gasteiger partial charge >= 0.3 is 0 Å². The van der Waals surface area contributed by atoms with Gasteiger partial charge in [0.05, 0.1) is 9.82 Å². The highest BCUT2D eigenvalue weighted by Crippen LogP contribution is 2.17. The summed E-state index contributed by atoms with van der Waals surface area (Å²) in [6, 6.07) is 5.14. The Morgan fingerprint density at radius 2 is 1.31 bits per heavy atom. The highest BCUT2D eigenvalue weighted by Gasteiger charge is 2.16. The average molecular weight is 427 g/mol. The van der Waals surface area contributed by atoms with Gasteiger partial charge in [-0.2, -0.15) is 0 Å². The van der Waals surface area contributed by atoms with Crippen LogP contribution in [0, 0.1) is 10.1 Å². The predicted molar refractivity (Wildman–Crippen MR) is 119 cm³/mol. The van der Waals surface area contributed by atoms with Gasteiger partial charge in [0.1, 0.15) is 0 Å². The van der Waals surface area contributed by atoms with E-state index in [1.165, 1.54) is 88.8 Å². The van der Waals surface area contributed by atoms with Crippen molar-refractivity contribution in [1.82, 2.24) is 4.72 Å². The third-order valence-corrected chi connectivity index (χ3v) is 6.62. The molecule has 0 aliphatic carbocycles. The molecule has 0 spiro atoms. The molecule has 1 aromatic carbocycles. The SMILES string of the molecule is CCCCCCCCCCCCCCCCNS(=O)(=O)c1cccc([N+](=O)[O-])c1. The molecule has 0 aromatic heterocycles. The third kappa shape index (κ3) is 12.0. The molecular weight excluding hydrogens is 388 g/mol. The van der Waals surface area contributed by atoms with E-state index in [9.17, 15) is 18.5 Å². The molecule has 0 radical (unpaired) electrons. The predicted octanol–water partition coefficient (Wildman–Crippen LogP) is 6.35. The Bertz CT molecular complexity index is 677. The molecule has 166 valence electrons. The molecule has 0 saturated carbocycles. The highest BCUT2D eigenvalue weighted by molar-refractivity contribution is 7.89. The van der Waals surface area contributed by atoms with E-state index in [4.69, 9.17) is 0 Å². The van der Waals surface area contributed by atoms with Crippen LogP contribution in [0.1, 0.15) is 96.8 Å². The number of hydrogen-bond donors (Lipinski definition) is 1. The van der Waals surface area contributed by atoms with Gasteiger partial charge in [-0.3, -0.25) is 10.1 Å². The number of non-ortho nitro benzene ring substituents is 1. The molecular formula is C22H38N2O4S. The van der Waals surface area contributed by atoms with Gasteiger partial charge in [0.15, 0.2) is 0 Å². The van der Waals surface area contributed by atoms with E-state index in [0.29, 0.717) is 6.54 Å². The molecule has 0 aliphatic rings. The molecule has 29 heavy (non-hydrogen) atoms. The number of nitrogens with zero attached hydrogens (tertiary/aromatic N) is 1. The van der Waals surface area contributed by atoms with Gasteiger partial charge in [0.25, 0.3) is 5.69 Å². The smallest absolute Gasteiger partial charge is 0.258 e. The van der Waals surface area contributed by atoms with E-state index >= 15 is 0 Å². The van der Waals surface area contributed by atoms with Crippen LogP contribution in [0.15, 0.2) is 29.2 Å². The van der Waals surface area contributed by atoms with Crippen molar-refractivity contribution in [3.05, 3.63) is 34.4 Å². The molecule has 0 fully saturated rings. The van der Waals surface area contributed by atoms with Crippen molar-refractivity contribution in [1.29, 1.82) is 0 Å². The first-order valence-electron chi connectivity index (χ1n) is 11.2. The van der Waals surface area contributed by atoms with Crippen LogP contribution in [0.4, 0.5) is 5.69 Å². The van der Waals surface area contributed by atoms with Gasteiger partial charge in [-0.25, -0.2) is 13.1 Å². The minimum absolute atomic E-state index is 0.0583. The lowest BCUT2D eigenvalue weighted by atomic mass is 10.0. The topological polar surface area (TPSA) is 89.3 Å². The van der Waals surface area contributed by atoms with Crippen LogP contribution in [-0.2, 0) is 10.0 Å². The Hall–Kier alpha value is -1.47. The number of nitro benzene ring substituents is 1. The Morgan fingerprint density at radius 1 is 0.828 bits per heavy atom. The first-order chi connectivity index (χ1) is 14.0. The Morgan fingerprint density at radius 3 is 1.79 bits per heavy atom. The van der Waals surface area contributed by atoms with E-state index in [2.05, 4.69) is 11.6 Å². The summed E-state index contributed by atoms with van der Waals surface area (Å²) < 4.78 is 26.9. The number of sulfonamides is 1. The lowest BCUT2D eigenvalue weighted by Crippen LogP contribution is -2.24. The van der Waals surface area contributed by atoms with E-state index in [1.54, 1.807) is 0 Å². The number of hydrogen-bond acceptors (Lipinski definition) is 4. The number of nitro groups is 1. The molecule has 1 rings (SSSR count). The molecule has 6 nitrogen and oxygen atoms in total. The molecule has 0 amide bonds. The zero-order chi connectivity index (χ0) is 21.4. The first kappa shape index (κ1) is 25.6. The van der Waals surface area contributed by atoms with Gasteiger partial charge in [-0.15, -0.1) is 0 Å². The van der Waals surface area contributed by atoms with Crippen LogP contribution >= 0.6 is 0 Å². The van der Waals surface area contributed by atoms with Crippen molar-refractivity contribution >= 4 is 15.7 Å². The van der Waals surface area contributed by atoms with Crippen molar-refractivity contribution in [3.63, 3.8) is 0 Å². The molecule has 0 heterocycles. The fraction of sp³-hybridized carbons (Fsp3) is 0.727. The van der Waals surface area contributed by atoms with E-state index in [1.807, 2.05) is 0 Å². The number of nitrogens with one attached hydrogen (secondary N) is 1. The summed E-state index contributed by atoms with van der Waals surface area (Å²) in [7, 11) is -3.69. The van der Waals surface area contributed by atoms with Crippen molar-refractivity contribution in [2.45, 2.75) is 102 Å². The van der Waals surface area contributed by atoms with Crippen molar-refractivity contribution < 1.29 is 13.3 Å². The Kier molecular flexibility index (Phi) is 13.6. The van der Waals surface area contributed by atoms with Crippen LogP contribution in [0.25, 0.3) is 0 Å². The molecule has 0 bridgehead atoms. The summed E-state index contributed by atoms with van der Waals surface area (Å²) >= 11 is 0. The van der Waals surface area contributed by atoms with Crippen molar-refractivity contribution in [2.75, 3.05) is 6.54 Å². The molecule has 0 unspecified atom stereocenters. The highest BCUT2D eigenvalue weighted by atomic mass is 32.2. The summed E-state index contributed by atoms with van der Waals surface area (Å²) in [5, 5.41) is 10.8. The average Bonchev–Trinajstić information content (AvgIpc) is 2.71. The molecule has 0 saturated heterocycles. The minimum atomic E-state index is -3.69. The van der Waals surface area contributed by atoms with Crippen LogP contribution in [0.3, 0.4) is 0 Å². The number of rotatable bonds is 18. The van der Waals surface area contributed by atoms with Gasteiger partial charge in [0, 0.05) is 18.7 Å². The number of unbranched alkanes of at least 4 members (excludes halogenated alkanes) is 13. The largest absolute Gasteiger partial charge is 0.270 e. The normalized spacial score (nSPS) is 11.6. The zero-order valence-electron chi connectivity index (χ0n) is 17.9. The van der Waals surface area contributed by atoms with Crippen LogP contribution in [0.5, 0.6) is 0 Å². The summed E-state index contributed by atoms with van der Waals surface area (Å²) in [6.45, 7) is 2.61. The second-order valence-corrected chi connectivity index (χ2v) is 9.52. The fourth-order valence-electron chi connectivity index (χ4n) is 3.37. The maximum Gasteiger partial charge on any atom is 0.270 e. The maximum absolute atomic E-state index is 12.2. The Labute approximate surface area is 176 Å². The van der Waals surface area contributed by atoms with Crippen molar-refractivity contribution in [2.24, 2.45) is 0 Å². The van der Waals surface area contributed by atoms with Gasteiger partial charge in [0.2, 0.25) is 10.0 Å². The van der Waals surface area contributed by atoms with Gasteiger partial charge < -0.3 is 0 Å². The van der Waals surface area contributed by atoms with Crippen LogP contribution < -0.4 is 4.72 Å². The van der Waals surface area contributed by atoms with Crippen LogP contribution in [0.2, 0.25) is 0 Å². The zero-order valence-corrected chi connectivity index (χ0v) is 18.7. The molecule has 0 atom stereocenters. The first-order valence-corrected chi connectivity index (χ1v) is 12.7. The Balaban J connectivity index is 2.01. The summed E-state index contributed by atoms with van der Waals surface area (Å²) in [5.74, 6) is 0. The standard InChI is InChI=1S/C22H38N2O4S/c1-2-3-4-5-6-7-8-9-10-11-12-13-14-15-19-23-29(27,28)22-18-16-17-21(20-22)24(25)26/h16-18,20,23H,2-15,19H2,1H3. The molecule has 7 heteroatoms. The van der Waals surface area contributed by atoms with Crippen LogP contribution in [-0.4, -0.2) is 19.9 Å². The lowest BCUT2D eigenvalue weighted by molar-refractivity contribution is -0.385. The summed E-state index contributed by atoms with van der Waals surface area (Å²) in [4.78, 5) is 10.1. The molecule has 0 aliphatic heterocycles. The second-order valence-electron chi connectivity index (χ2n) is 7.75. The fourth-order valence-corrected chi connectivity index (χ4v) is 4.49. The lowest BCUT2D eigenvalue weighted by Gasteiger charge is -2.07. The summed E-state index contributed by atoms with van der Waals surface area (Å²) in [5.41, 5.74) is -0.218. The molecule has 1 N–H and O–H groups in total. The summed E-state index contributed by atoms with van der Waals surface area (Å²) in [6.07, 6.45) is 17.5. The monoisotopic (exact) mass is 426 g/mol. The van der Waals surface area contributed by atoms with Gasteiger partial charge in [-0.1, -0.05) is 96.5 Å². The second kappa shape index (κ2) is 15.4. The third-order valence-electron chi connectivity index (χ3n) is 5.16. The quantitative estimate of drug-likeness (QED) is 0.168. The minimum Gasteiger partial charge on any atom is -0.258 e. The maximum atomic E-state index is 12.2. The molecule has 1 aromatic rings. The van der Waals surface area contributed by atoms with E-state index in [-0.39, 0.29) is 10.6 Å². The van der Waals surface area contributed by atoms with Gasteiger partial charge in [-0.05, 0) is 12.5 Å². The number of benzene rings is 1. The van der Waals surface area contributed by atoms with E-state index < -0.39 is 14.9 Å². The van der Waals surface area contributed by atoms with Crippen molar-refractivity contribution in [3.8, 4) is 0 Å². The van der Waals surface area contributed by atoms with E-state index in [0.717, 1.165) is 25.3 Å².